The lowest BCUT2D eigenvalue weighted by atomic mass is 9.86. The van der Waals surface area contributed by atoms with Gasteiger partial charge in [-0.15, -0.1) is 6.58 Å². The topological polar surface area (TPSA) is 58.6 Å². The lowest BCUT2D eigenvalue weighted by molar-refractivity contribution is -0.139. The highest BCUT2D eigenvalue weighted by atomic mass is 16.5. The van der Waals surface area contributed by atoms with Crippen molar-refractivity contribution in [1.29, 1.82) is 0 Å². The van der Waals surface area contributed by atoms with Gasteiger partial charge in [-0.05, 0) is 25.0 Å². The molecule has 1 atom stereocenters. The summed E-state index contributed by atoms with van der Waals surface area (Å²) in [6.07, 6.45) is 0.434. The fourth-order valence-corrected chi connectivity index (χ4v) is 2.53. The van der Waals surface area contributed by atoms with Gasteiger partial charge >= 0.3 is 5.97 Å². The van der Waals surface area contributed by atoms with Crippen molar-refractivity contribution < 1.29 is 14.6 Å². The van der Waals surface area contributed by atoms with Gasteiger partial charge in [0.1, 0.15) is 11.8 Å². The molecule has 114 valence electrons. The minimum absolute atomic E-state index is 0.0465. The lowest BCUT2D eigenvalue weighted by Gasteiger charge is -2.16. The number of hydrogen-bond donors (Lipinski definition) is 2. The second kappa shape index (κ2) is 5.90. The van der Waals surface area contributed by atoms with E-state index in [4.69, 9.17) is 4.74 Å². The van der Waals surface area contributed by atoms with Gasteiger partial charge in [-0.1, -0.05) is 31.6 Å². The highest BCUT2D eigenvalue weighted by Crippen LogP contribution is 2.38. The molecule has 2 rings (SSSR count). The van der Waals surface area contributed by atoms with E-state index in [0.29, 0.717) is 19.6 Å². The van der Waals surface area contributed by atoms with Crippen LogP contribution in [-0.2, 0) is 16.8 Å². The Bertz CT molecular complexity index is 563. The summed E-state index contributed by atoms with van der Waals surface area (Å²) in [5.41, 5.74) is 3.14. The highest BCUT2D eigenvalue weighted by molar-refractivity contribution is 5.73. The standard InChI is InChI=1S/C17H23NO3/c1-11(2)7-14(16(19)20)18-9-12-5-6-13-15(8-12)21-10-17(13,3)4/h5-6,8,14,18H,1,7,9-10H2,2-4H3,(H,19,20). The summed E-state index contributed by atoms with van der Waals surface area (Å²) in [6, 6.07) is 5.50. The summed E-state index contributed by atoms with van der Waals surface area (Å²) in [7, 11) is 0. The molecule has 0 amide bonds. The van der Waals surface area contributed by atoms with E-state index in [0.717, 1.165) is 16.9 Å². The number of nitrogens with one attached hydrogen (secondary N) is 1. The third-order valence-electron chi connectivity index (χ3n) is 3.77. The molecule has 0 aromatic heterocycles. The summed E-state index contributed by atoms with van der Waals surface area (Å²) in [6.45, 7) is 11.1. The zero-order valence-corrected chi connectivity index (χ0v) is 12.9. The highest BCUT2D eigenvalue weighted by Gasteiger charge is 2.31. The molecule has 0 aliphatic carbocycles. The van der Waals surface area contributed by atoms with Gasteiger partial charge in [0.05, 0.1) is 6.61 Å². The monoisotopic (exact) mass is 289 g/mol. The largest absolute Gasteiger partial charge is 0.492 e. The van der Waals surface area contributed by atoms with Crippen molar-refractivity contribution >= 4 is 5.97 Å². The third-order valence-corrected chi connectivity index (χ3v) is 3.77. The number of fused-ring (bicyclic) bond motifs is 1. The molecule has 0 spiro atoms. The predicted molar refractivity (Wildman–Crippen MR) is 82.7 cm³/mol. The van der Waals surface area contributed by atoms with Crippen molar-refractivity contribution in [2.45, 2.75) is 45.2 Å². The third kappa shape index (κ3) is 3.64. The summed E-state index contributed by atoms with van der Waals surface area (Å²) < 4.78 is 5.71. The second-order valence-corrected chi connectivity index (χ2v) is 6.44. The zero-order valence-electron chi connectivity index (χ0n) is 12.9. The molecule has 1 heterocycles. The van der Waals surface area contributed by atoms with E-state index in [9.17, 15) is 9.90 Å². The molecule has 0 fully saturated rings. The Balaban J connectivity index is 2.04. The van der Waals surface area contributed by atoms with Gasteiger partial charge in [0.2, 0.25) is 0 Å². The number of rotatable bonds is 6. The van der Waals surface area contributed by atoms with Crippen LogP contribution in [0.15, 0.2) is 30.4 Å². The first-order valence-corrected chi connectivity index (χ1v) is 7.16. The van der Waals surface area contributed by atoms with Crippen molar-refractivity contribution in [2.24, 2.45) is 0 Å². The van der Waals surface area contributed by atoms with Crippen LogP contribution < -0.4 is 10.1 Å². The number of carboxylic acids is 1. The molecule has 0 radical (unpaired) electrons. The van der Waals surface area contributed by atoms with Crippen LogP contribution in [0.25, 0.3) is 0 Å². The molecular weight excluding hydrogens is 266 g/mol. The van der Waals surface area contributed by atoms with Crippen LogP contribution in [0.4, 0.5) is 0 Å². The van der Waals surface area contributed by atoms with E-state index in [1.54, 1.807) is 0 Å². The van der Waals surface area contributed by atoms with E-state index < -0.39 is 12.0 Å². The Labute approximate surface area is 125 Å². The minimum atomic E-state index is -0.850. The van der Waals surface area contributed by atoms with Gasteiger partial charge in [-0.2, -0.15) is 0 Å². The van der Waals surface area contributed by atoms with Gasteiger partial charge < -0.3 is 15.2 Å². The van der Waals surface area contributed by atoms with Crippen molar-refractivity contribution in [3.63, 3.8) is 0 Å². The molecule has 0 saturated carbocycles. The predicted octanol–water partition coefficient (Wildman–Crippen LogP) is 2.87. The quantitative estimate of drug-likeness (QED) is 0.791. The van der Waals surface area contributed by atoms with Crippen LogP contribution in [0.5, 0.6) is 5.75 Å². The maximum Gasteiger partial charge on any atom is 0.321 e. The van der Waals surface area contributed by atoms with E-state index >= 15 is 0 Å². The Hall–Kier alpha value is -1.81. The first kappa shape index (κ1) is 15.6. The summed E-state index contributed by atoms with van der Waals surface area (Å²) in [5.74, 6) is 0.0580. The Morgan fingerprint density at radius 2 is 2.24 bits per heavy atom. The SMILES string of the molecule is C=C(C)CC(NCc1ccc2c(c1)OCC2(C)C)C(=O)O. The molecule has 2 N–H and O–H groups in total. The van der Waals surface area contributed by atoms with E-state index in [-0.39, 0.29) is 5.41 Å². The summed E-state index contributed by atoms with van der Waals surface area (Å²) in [5, 5.41) is 12.3. The Kier molecular flexibility index (Phi) is 4.37. The number of carboxylic acid groups (broad SMARTS) is 1. The average Bonchev–Trinajstić information content (AvgIpc) is 2.69. The molecule has 0 bridgehead atoms. The van der Waals surface area contributed by atoms with Crippen LogP contribution >= 0.6 is 0 Å². The average molecular weight is 289 g/mol. The minimum Gasteiger partial charge on any atom is -0.492 e. The molecule has 1 aromatic rings. The second-order valence-electron chi connectivity index (χ2n) is 6.44. The molecule has 0 saturated heterocycles. The number of aliphatic carboxylic acids is 1. The molecule has 1 aromatic carbocycles. The van der Waals surface area contributed by atoms with Crippen molar-refractivity contribution in [3.8, 4) is 5.75 Å². The van der Waals surface area contributed by atoms with E-state index in [1.807, 2.05) is 19.1 Å². The normalized spacial score (nSPS) is 16.9. The van der Waals surface area contributed by atoms with Crippen molar-refractivity contribution in [1.82, 2.24) is 5.32 Å². The van der Waals surface area contributed by atoms with Gasteiger partial charge in [-0.3, -0.25) is 4.79 Å². The lowest BCUT2D eigenvalue weighted by Crippen LogP contribution is -2.36. The van der Waals surface area contributed by atoms with Crippen LogP contribution in [0.3, 0.4) is 0 Å². The molecule has 21 heavy (non-hydrogen) atoms. The fourth-order valence-electron chi connectivity index (χ4n) is 2.53. The smallest absolute Gasteiger partial charge is 0.321 e. The van der Waals surface area contributed by atoms with Crippen LogP contribution in [-0.4, -0.2) is 23.7 Å². The fraction of sp³-hybridized carbons (Fsp3) is 0.471. The molecule has 1 unspecified atom stereocenters. The maximum absolute atomic E-state index is 11.2. The first-order valence-electron chi connectivity index (χ1n) is 7.16. The van der Waals surface area contributed by atoms with Gasteiger partial charge in [0.25, 0.3) is 0 Å². The van der Waals surface area contributed by atoms with E-state index in [2.05, 4.69) is 31.8 Å². The zero-order chi connectivity index (χ0) is 15.6. The number of ether oxygens (including phenoxy) is 1. The van der Waals surface area contributed by atoms with Gasteiger partial charge in [0.15, 0.2) is 0 Å². The van der Waals surface area contributed by atoms with Crippen LogP contribution in [0.2, 0.25) is 0 Å². The molecule has 4 nitrogen and oxygen atoms in total. The molecule has 4 heteroatoms. The number of benzene rings is 1. The molecular formula is C17H23NO3. The van der Waals surface area contributed by atoms with Gasteiger partial charge in [0, 0.05) is 17.5 Å². The molecule has 1 aliphatic rings. The number of carbonyl (C=O) groups is 1. The summed E-state index contributed by atoms with van der Waals surface area (Å²) in [4.78, 5) is 11.2. The van der Waals surface area contributed by atoms with Crippen molar-refractivity contribution in [2.75, 3.05) is 6.61 Å². The molecule has 1 aliphatic heterocycles. The van der Waals surface area contributed by atoms with Crippen LogP contribution in [0.1, 0.15) is 38.3 Å². The first-order chi connectivity index (χ1) is 9.79. The Morgan fingerprint density at radius 3 is 2.86 bits per heavy atom. The Morgan fingerprint density at radius 1 is 1.52 bits per heavy atom. The van der Waals surface area contributed by atoms with Crippen LogP contribution in [0, 0.1) is 0 Å². The summed E-state index contributed by atoms with van der Waals surface area (Å²) >= 11 is 0. The van der Waals surface area contributed by atoms with Gasteiger partial charge in [-0.25, -0.2) is 0 Å². The van der Waals surface area contributed by atoms with E-state index in [1.165, 1.54) is 5.56 Å². The maximum atomic E-state index is 11.2. The van der Waals surface area contributed by atoms with Crippen molar-refractivity contribution in [3.05, 3.63) is 41.5 Å². The number of hydrogen-bond acceptors (Lipinski definition) is 3.